The first-order valence-corrected chi connectivity index (χ1v) is 5.45. The maximum Gasteiger partial charge on any atom is 0.306 e. The monoisotopic (exact) mass is 200 g/mol. The van der Waals surface area contributed by atoms with Gasteiger partial charge in [-0.2, -0.15) is 0 Å². The summed E-state index contributed by atoms with van der Waals surface area (Å²) in [6.45, 7) is 4.67. The lowest BCUT2D eigenvalue weighted by atomic mass is 9.90. The molecule has 0 aromatic carbocycles. The fourth-order valence-corrected chi connectivity index (χ4v) is 1.81. The Labute approximate surface area is 85.5 Å². The minimum atomic E-state index is -0.690. The van der Waals surface area contributed by atoms with Gasteiger partial charge in [0.1, 0.15) is 0 Å². The van der Waals surface area contributed by atoms with Crippen molar-refractivity contribution in [1.29, 1.82) is 0 Å². The molecule has 3 atom stereocenters. The van der Waals surface area contributed by atoms with Gasteiger partial charge in [-0.3, -0.25) is 4.79 Å². The zero-order valence-electron chi connectivity index (χ0n) is 9.03. The molecule has 82 valence electrons. The van der Waals surface area contributed by atoms with Gasteiger partial charge in [0.2, 0.25) is 0 Å². The van der Waals surface area contributed by atoms with E-state index < -0.39 is 5.97 Å². The van der Waals surface area contributed by atoms with E-state index in [1.807, 2.05) is 6.92 Å². The molecule has 0 bridgehead atoms. The van der Waals surface area contributed by atoms with Gasteiger partial charge in [-0.25, -0.2) is 0 Å². The van der Waals surface area contributed by atoms with Crippen molar-refractivity contribution >= 4 is 5.97 Å². The van der Waals surface area contributed by atoms with Crippen LogP contribution in [0.5, 0.6) is 0 Å². The summed E-state index contributed by atoms with van der Waals surface area (Å²) in [5, 5.41) is 8.81. The third kappa shape index (κ3) is 3.29. The number of carboxylic acids is 1. The Kier molecular flexibility index (Phi) is 4.39. The Morgan fingerprint density at radius 1 is 1.57 bits per heavy atom. The van der Waals surface area contributed by atoms with Gasteiger partial charge in [0, 0.05) is 6.61 Å². The molecule has 0 aromatic heterocycles. The summed E-state index contributed by atoms with van der Waals surface area (Å²) in [6.07, 6.45) is 4.66. The number of rotatable bonds is 5. The molecule has 0 aromatic rings. The molecule has 0 aliphatic carbocycles. The van der Waals surface area contributed by atoms with Crippen molar-refractivity contribution < 1.29 is 14.6 Å². The molecule has 1 aliphatic rings. The van der Waals surface area contributed by atoms with Crippen LogP contribution < -0.4 is 0 Å². The van der Waals surface area contributed by atoms with E-state index in [2.05, 4.69) is 0 Å². The lowest BCUT2D eigenvalue weighted by Gasteiger charge is -2.17. The van der Waals surface area contributed by atoms with E-state index in [9.17, 15) is 4.79 Å². The summed E-state index contributed by atoms with van der Waals surface area (Å²) < 4.78 is 5.50. The van der Waals surface area contributed by atoms with Crippen LogP contribution in [0.1, 0.15) is 39.5 Å². The van der Waals surface area contributed by atoms with Gasteiger partial charge in [-0.05, 0) is 31.6 Å². The highest BCUT2D eigenvalue weighted by Crippen LogP contribution is 2.23. The summed E-state index contributed by atoms with van der Waals surface area (Å²) in [5.74, 6) is -0.682. The van der Waals surface area contributed by atoms with Crippen molar-refractivity contribution in [1.82, 2.24) is 0 Å². The summed E-state index contributed by atoms with van der Waals surface area (Å²) in [4.78, 5) is 10.7. The normalized spacial score (nSPS) is 26.0. The van der Waals surface area contributed by atoms with E-state index in [4.69, 9.17) is 9.84 Å². The first-order valence-electron chi connectivity index (χ1n) is 5.45. The van der Waals surface area contributed by atoms with Crippen molar-refractivity contribution in [3.8, 4) is 0 Å². The molecule has 0 saturated carbocycles. The van der Waals surface area contributed by atoms with Gasteiger partial charge in [-0.1, -0.05) is 13.8 Å². The topological polar surface area (TPSA) is 46.5 Å². The van der Waals surface area contributed by atoms with Crippen LogP contribution in [0.3, 0.4) is 0 Å². The predicted octanol–water partition coefficient (Wildman–Crippen LogP) is 2.30. The Morgan fingerprint density at radius 2 is 2.29 bits per heavy atom. The van der Waals surface area contributed by atoms with Crippen LogP contribution in [0.15, 0.2) is 0 Å². The van der Waals surface area contributed by atoms with E-state index >= 15 is 0 Å². The minimum absolute atomic E-state index is 0.239. The Morgan fingerprint density at radius 3 is 2.79 bits per heavy atom. The fraction of sp³-hybridized carbons (Fsp3) is 0.909. The number of hydrogen-bond acceptors (Lipinski definition) is 2. The maximum absolute atomic E-state index is 10.7. The van der Waals surface area contributed by atoms with Crippen LogP contribution in [0, 0.1) is 11.8 Å². The van der Waals surface area contributed by atoms with Gasteiger partial charge in [0.25, 0.3) is 0 Å². The van der Waals surface area contributed by atoms with Crippen LogP contribution in [-0.4, -0.2) is 23.8 Å². The number of hydrogen-bond donors (Lipinski definition) is 1. The number of carboxylic acid groups (broad SMARTS) is 1. The molecule has 3 heteroatoms. The van der Waals surface area contributed by atoms with Crippen LogP contribution in [0.25, 0.3) is 0 Å². The van der Waals surface area contributed by atoms with Crippen molar-refractivity contribution in [3.05, 3.63) is 0 Å². The van der Waals surface area contributed by atoms with Crippen LogP contribution in [-0.2, 0) is 9.53 Å². The SMILES string of the molecule is CC(CCC1CCCO1)C(C)C(=O)O. The molecule has 1 fully saturated rings. The highest BCUT2D eigenvalue weighted by atomic mass is 16.5. The largest absolute Gasteiger partial charge is 0.481 e. The maximum atomic E-state index is 10.7. The molecule has 14 heavy (non-hydrogen) atoms. The second-order valence-electron chi connectivity index (χ2n) is 4.32. The molecule has 0 radical (unpaired) electrons. The first-order chi connectivity index (χ1) is 6.61. The lowest BCUT2D eigenvalue weighted by Crippen LogP contribution is -2.19. The average Bonchev–Trinajstić information content (AvgIpc) is 2.65. The van der Waals surface area contributed by atoms with E-state index in [0.29, 0.717) is 6.10 Å². The average molecular weight is 200 g/mol. The van der Waals surface area contributed by atoms with E-state index in [-0.39, 0.29) is 11.8 Å². The van der Waals surface area contributed by atoms with Crippen molar-refractivity contribution in [2.24, 2.45) is 11.8 Å². The van der Waals surface area contributed by atoms with Crippen LogP contribution in [0.2, 0.25) is 0 Å². The van der Waals surface area contributed by atoms with Crippen molar-refractivity contribution in [2.45, 2.75) is 45.6 Å². The van der Waals surface area contributed by atoms with Gasteiger partial charge >= 0.3 is 5.97 Å². The van der Waals surface area contributed by atoms with E-state index in [1.165, 1.54) is 0 Å². The fourth-order valence-electron chi connectivity index (χ4n) is 1.81. The number of aliphatic carboxylic acids is 1. The van der Waals surface area contributed by atoms with Crippen molar-refractivity contribution in [3.63, 3.8) is 0 Å². The minimum Gasteiger partial charge on any atom is -0.481 e. The Hall–Kier alpha value is -0.570. The van der Waals surface area contributed by atoms with Crippen LogP contribution >= 0.6 is 0 Å². The van der Waals surface area contributed by atoms with Gasteiger partial charge in [0.15, 0.2) is 0 Å². The van der Waals surface area contributed by atoms with Crippen molar-refractivity contribution in [2.75, 3.05) is 6.61 Å². The molecule has 1 saturated heterocycles. The second-order valence-corrected chi connectivity index (χ2v) is 4.32. The molecule has 1 aliphatic heterocycles. The molecule has 3 unspecified atom stereocenters. The van der Waals surface area contributed by atoms with Crippen LogP contribution in [0.4, 0.5) is 0 Å². The molecule has 1 N–H and O–H groups in total. The zero-order chi connectivity index (χ0) is 10.6. The summed E-state index contributed by atoms with van der Waals surface area (Å²) in [7, 11) is 0. The third-order valence-corrected chi connectivity index (χ3v) is 3.21. The molecule has 0 amide bonds. The predicted molar refractivity (Wildman–Crippen MR) is 54.2 cm³/mol. The lowest BCUT2D eigenvalue weighted by molar-refractivity contribution is -0.142. The van der Waals surface area contributed by atoms with Gasteiger partial charge in [-0.15, -0.1) is 0 Å². The summed E-state index contributed by atoms with van der Waals surface area (Å²) in [5.41, 5.74) is 0. The molecule has 1 rings (SSSR count). The van der Waals surface area contributed by atoms with Gasteiger partial charge in [0.05, 0.1) is 12.0 Å². The molecular weight excluding hydrogens is 180 g/mol. The number of carbonyl (C=O) groups is 1. The Bertz CT molecular complexity index is 185. The standard InChI is InChI=1S/C11H20O3/c1-8(9(2)11(12)13)5-6-10-4-3-7-14-10/h8-10H,3-7H2,1-2H3,(H,12,13). The quantitative estimate of drug-likeness (QED) is 0.740. The highest BCUT2D eigenvalue weighted by Gasteiger charge is 2.22. The molecule has 0 spiro atoms. The summed E-state index contributed by atoms with van der Waals surface area (Å²) in [6, 6.07) is 0. The smallest absolute Gasteiger partial charge is 0.306 e. The Balaban J connectivity index is 2.19. The second kappa shape index (κ2) is 5.35. The highest BCUT2D eigenvalue weighted by molar-refractivity contribution is 5.69. The first kappa shape index (κ1) is 11.5. The molecule has 3 nitrogen and oxygen atoms in total. The third-order valence-electron chi connectivity index (χ3n) is 3.21. The zero-order valence-corrected chi connectivity index (χ0v) is 9.03. The molecular formula is C11H20O3. The van der Waals surface area contributed by atoms with E-state index in [0.717, 1.165) is 32.3 Å². The summed E-state index contributed by atoms with van der Waals surface area (Å²) >= 11 is 0. The van der Waals surface area contributed by atoms with Gasteiger partial charge < -0.3 is 9.84 Å². The number of ether oxygens (including phenoxy) is 1. The van der Waals surface area contributed by atoms with E-state index in [1.54, 1.807) is 6.92 Å². The molecule has 1 heterocycles.